The van der Waals surface area contributed by atoms with Crippen LogP contribution >= 0.6 is 0 Å². The van der Waals surface area contributed by atoms with E-state index in [1.165, 1.54) is 12.1 Å². The molecule has 3 rings (SSSR count). The van der Waals surface area contributed by atoms with E-state index in [1.807, 2.05) is 26.0 Å². The quantitative estimate of drug-likeness (QED) is 0.479. The Morgan fingerprint density at radius 2 is 1.94 bits per heavy atom. The van der Waals surface area contributed by atoms with Gasteiger partial charge in [-0.25, -0.2) is 9.37 Å². The number of fused-ring (bicyclic) bond motifs is 1. The first-order valence-corrected chi connectivity index (χ1v) is 10.8. The molecule has 7 heteroatoms. The van der Waals surface area contributed by atoms with Crippen LogP contribution in [0.4, 0.5) is 4.39 Å². The van der Waals surface area contributed by atoms with Gasteiger partial charge in [-0.15, -0.1) is 0 Å². The van der Waals surface area contributed by atoms with Crippen molar-refractivity contribution >= 4 is 23.1 Å². The number of esters is 1. The van der Waals surface area contributed by atoms with E-state index in [-0.39, 0.29) is 31.3 Å². The van der Waals surface area contributed by atoms with Crippen molar-refractivity contribution in [1.29, 1.82) is 0 Å². The highest BCUT2D eigenvalue weighted by molar-refractivity contribution is 5.99. The van der Waals surface area contributed by atoms with Crippen LogP contribution in [-0.2, 0) is 9.53 Å². The minimum Gasteiger partial charge on any atom is -0.466 e. The predicted octanol–water partition coefficient (Wildman–Crippen LogP) is 4.50. The summed E-state index contributed by atoms with van der Waals surface area (Å²) in [7, 11) is 0. The summed E-state index contributed by atoms with van der Waals surface area (Å²) in [6, 6.07) is 10.2. The van der Waals surface area contributed by atoms with Crippen LogP contribution in [0.15, 0.2) is 48.7 Å². The average molecular weight is 441 g/mol. The maximum absolute atomic E-state index is 13.5. The number of nitrogens with zero attached hydrogens (tertiary/aromatic N) is 2. The molecule has 0 radical (unpaired) electrons. The lowest BCUT2D eigenvalue weighted by molar-refractivity contribution is -0.145. The Bertz CT molecular complexity index is 1090. The topological polar surface area (TPSA) is 84.6 Å². The van der Waals surface area contributed by atoms with Gasteiger partial charge in [0, 0.05) is 29.6 Å². The van der Waals surface area contributed by atoms with E-state index >= 15 is 0 Å². The van der Waals surface area contributed by atoms with Gasteiger partial charge in [0.25, 0.3) is 0 Å². The summed E-state index contributed by atoms with van der Waals surface area (Å²) in [4.78, 5) is 16.1. The van der Waals surface area contributed by atoms with Crippen molar-refractivity contribution in [3.8, 4) is 11.1 Å². The Morgan fingerprint density at radius 1 is 1.22 bits per heavy atom. The number of carbonyl (C=O) groups is 1. The van der Waals surface area contributed by atoms with Crippen LogP contribution in [-0.4, -0.2) is 44.5 Å². The van der Waals surface area contributed by atoms with Gasteiger partial charge in [0.05, 0.1) is 30.9 Å². The molecule has 170 valence electrons. The van der Waals surface area contributed by atoms with Crippen LogP contribution < -0.4 is 0 Å². The molecule has 0 aliphatic rings. The second kappa shape index (κ2) is 10.5. The fourth-order valence-corrected chi connectivity index (χ4v) is 3.82. The van der Waals surface area contributed by atoms with Gasteiger partial charge in [0.15, 0.2) is 0 Å². The number of hydrogen-bond donors (Lipinski definition) is 2. The number of pyridine rings is 1. The molecule has 0 amide bonds. The summed E-state index contributed by atoms with van der Waals surface area (Å²) in [5.74, 6) is -0.816. The van der Waals surface area contributed by atoms with Crippen LogP contribution in [0.5, 0.6) is 0 Å². The second-order valence-electron chi connectivity index (χ2n) is 7.93. The first-order valence-electron chi connectivity index (χ1n) is 10.8. The normalized spacial score (nSPS) is 13.7. The lowest BCUT2D eigenvalue weighted by Gasteiger charge is -2.15. The molecule has 0 spiro atoms. The van der Waals surface area contributed by atoms with Crippen molar-refractivity contribution in [2.45, 2.75) is 51.9 Å². The maximum Gasteiger partial charge on any atom is 0.308 e. The smallest absolute Gasteiger partial charge is 0.308 e. The van der Waals surface area contributed by atoms with Crippen molar-refractivity contribution in [1.82, 2.24) is 9.55 Å². The number of aromatic nitrogens is 2. The molecule has 32 heavy (non-hydrogen) atoms. The fourth-order valence-electron chi connectivity index (χ4n) is 3.82. The summed E-state index contributed by atoms with van der Waals surface area (Å²) < 4.78 is 20.4. The second-order valence-corrected chi connectivity index (χ2v) is 7.93. The molecule has 1 aromatic carbocycles. The maximum atomic E-state index is 13.5. The summed E-state index contributed by atoms with van der Waals surface area (Å²) >= 11 is 0. The largest absolute Gasteiger partial charge is 0.466 e. The lowest BCUT2D eigenvalue weighted by Crippen LogP contribution is -2.20. The zero-order valence-corrected chi connectivity index (χ0v) is 18.5. The molecule has 6 nitrogen and oxygen atoms in total. The number of aliphatic hydroxyl groups is 2. The van der Waals surface area contributed by atoms with Crippen molar-refractivity contribution in [2.75, 3.05) is 6.61 Å². The van der Waals surface area contributed by atoms with Gasteiger partial charge >= 0.3 is 5.97 Å². The third kappa shape index (κ3) is 5.41. The molecule has 2 heterocycles. The molecule has 0 saturated carbocycles. The van der Waals surface area contributed by atoms with Crippen molar-refractivity contribution < 1.29 is 24.1 Å². The monoisotopic (exact) mass is 440 g/mol. The molecular weight excluding hydrogens is 411 g/mol. The summed E-state index contributed by atoms with van der Waals surface area (Å²) in [6.07, 6.45) is 2.97. The first-order chi connectivity index (χ1) is 15.3. The zero-order valence-electron chi connectivity index (χ0n) is 18.5. The van der Waals surface area contributed by atoms with E-state index in [0.29, 0.717) is 0 Å². The molecular formula is C25H29FN2O4. The van der Waals surface area contributed by atoms with E-state index in [9.17, 15) is 19.4 Å². The van der Waals surface area contributed by atoms with Gasteiger partial charge in [-0.1, -0.05) is 18.2 Å². The van der Waals surface area contributed by atoms with Gasteiger partial charge in [-0.05, 0) is 56.7 Å². The van der Waals surface area contributed by atoms with Crippen LogP contribution in [0.2, 0.25) is 0 Å². The molecule has 0 aliphatic heterocycles. The molecule has 0 unspecified atom stereocenters. The molecule has 2 N–H and O–H groups in total. The Hall–Kier alpha value is -3.03. The SMILES string of the molecule is CCOC(=O)C[C@H](O)C[C@H](O)C=Cc1c(-c2ccc(F)cc2)c2cccnc2n1C(C)C. The summed E-state index contributed by atoms with van der Waals surface area (Å²) in [5.41, 5.74) is 3.33. The number of hydrogen-bond acceptors (Lipinski definition) is 5. The van der Waals surface area contributed by atoms with E-state index < -0.39 is 18.2 Å². The highest BCUT2D eigenvalue weighted by atomic mass is 19.1. The van der Waals surface area contributed by atoms with Gasteiger partial charge in [-0.3, -0.25) is 4.79 Å². The molecule has 2 aromatic heterocycles. The number of carbonyl (C=O) groups excluding carboxylic acids is 1. The number of ether oxygens (including phenoxy) is 1. The van der Waals surface area contributed by atoms with Gasteiger partial charge in [0.1, 0.15) is 11.5 Å². The fraction of sp³-hybridized carbons (Fsp3) is 0.360. The van der Waals surface area contributed by atoms with Crippen molar-refractivity contribution in [2.24, 2.45) is 0 Å². The Kier molecular flexibility index (Phi) is 7.77. The van der Waals surface area contributed by atoms with E-state index in [2.05, 4.69) is 9.55 Å². The van der Waals surface area contributed by atoms with Crippen LogP contribution in [0.1, 0.15) is 45.3 Å². The third-order valence-corrected chi connectivity index (χ3v) is 5.15. The first kappa shape index (κ1) is 23.6. The molecule has 3 aromatic rings. The van der Waals surface area contributed by atoms with E-state index in [0.717, 1.165) is 27.9 Å². The standard InChI is InChI=1S/C25H29FN2O4/c1-4-32-23(31)15-20(30)14-19(29)11-12-22-24(17-7-9-18(26)10-8-17)21-6-5-13-27-25(21)28(22)16(2)3/h5-13,16,19-20,29-30H,4,14-15H2,1-3H3/t19-,20-/m1/s1. The highest BCUT2D eigenvalue weighted by Gasteiger charge is 2.20. The van der Waals surface area contributed by atoms with E-state index in [1.54, 1.807) is 37.4 Å². The van der Waals surface area contributed by atoms with Crippen LogP contribution in [0.25, 0.3) is 28.2 Å². The highest BCUT2D eigenvalue weighted by Crippen LogP contribution is 2.37. The molecule has 0 bridgehead atoms. The predicted molar refractivity (Wildman–Crippen MR) is 122 cm³/mol. The number of rotatable bonds is 9. The lowest BCUT2D eigenvalue weighted by atomic mass is 10.0. The molecule has 0 fully saturated rings. The number of benzene rings is 1. The average Bonchev–Trinajstić information content (AvgIpc) is 3.07. The van der Waals surface area contributed by atoms with Gasteiger partial charge in [-0.2, -0.15) is 0 Å². The summed E-state index contributed by atoms with van der Waals surface area (Å²) in [6.45, 7) is 6.02. The number of aliphatic hydroxyl groups excluding tert-OH is 2. The third-order valence-electron chi connectivity index (χ3n) is 5.15. The van der Waals surface area contributed by atoms with Crippen molar-refractivity contribution in [3.63, 3.8) is 0 Å². The molecule has 0 saturated heterocycles. The van der Waals surface area contributed by atoms with Gasteiger partial charge in [0.2, 0.25) is 0 Å². The van der Waals surface area contributed by atoms with Crippen LogP contribution in [0.3, 0.4) is 0 Å². The van der Waals surface area contributed by atoms with Crippen molar-refractivity contribution in [3.05, 3.63) is 60.2 Å². The number of halogens is 1. The minimum absolute atomic E-state index is 0.00134. The summed E-state index contributed by atoms with van der Waals surface area (Å²) in [5, 5.41) is 21.5. The zero-order chi connectivity index (χ0) is 23.3. The van der Waals surface area contributed by atoms with Gasteiger partial charge < -0.3 is 19.5 Å². The van der Waals surface area contributed by atoms with Crippen LogP contribution in [0, 0.1) is 5.82 Å². The molecule has 0 aliphatic carbocycles. The Labute approximate surface area is 187 Å². The molecule has 2 atom stereocenters. The Morgan fingerprint density at radius 3 is 2.59 bits per heavy atom. The minimum atomic E-state index is -1.01. The van der Waals surface area contributed by atoms with E-state index in [4.69, 9.17) is 4.74 Å². The Balaban J connectivity index is 1.97.